The molecule has 0 saturated heterocycles. The lowest BCUT2D eigenvalue weighted by Crippen LogP contribution is -2.31. The first-order valence-corrected chi connectivity index (χ1v) is 25.4. The van der Waals surface area contributed by atoms with Crippen molar-refractivity contribution in [1.82, 2.24) is 0 Å². The van der Waals surface area contributed by atoms with Crippen molar-refractivity contribution >= 4 is 24.2 Å². The number of rotatable bonds is 8. The van der Waals surface area contributed by atoms with E-state index in [9.17, 15) is 4.11 Å². The zero-order valence-corrected chi connectivity index (χ0v) is 28.4. The summed E-state index contributed by atoms with van der Waals surface area (Å²) in [5.74, 6) is -1.85. The Kier molecular flexibility index (Phi) is 5.49. The maximum absolute atomic E-state index is 10.8. The molecule has 0 N–H and O–H groups in total. The van der Waals surface area contributed by atoms with E-state index in [0.717, 1.165) is 11.1 Å². The third-order valence-electron chi connectivity index (χ3n) is 9.30. The minimum absolute atomic E-state index is 0.141. The second-order valence-electron chi connectivity index (χ2n) is 15.2. The molecule has 0 spiro atoms. The van der Waals surface area contributed by atoms with Gasteiger partial charge in [-0.05, 0) is 51.4 Å². The quantitative estimate of drug-likeness (QED) is 0.237. The van der Waals surface area contributed by atoms with Crippen molar-refractivity contribution in [3.63, 3.8) is 0 Å². The van der Waals surface area contributed by atoms with Crippen molar-refractivity contribution in [1.29, 1.82) is 0 Å². The third-order valence-corrected chi connectivity index (χ3v) is 16.1. The van der Waals surface area contributed by atoms with E-state index in [1.165, 1.54) is 16.3 Å². The molecule has 0 heterocycles. The van der Waals surface area contributed by atoms with Gasteiger partial charge in [0, 0.05) is 25.7 Å². The average Bonchev–Trinajstić information content (AvgIpc) is 3.84. The maximum Gasteiger partial charge on any atom is 0.0740 e. The molecule has 3 aromatic carbocycles. The molecule has 0 aromatic heterocycles. The van der Waals surface area contributed by atoms with Crippen molar-refractivity contribution in [2.24, 2.45) is 11.8 Å². The van der Waals surface area contributed by atoms with E-state index in [1.807, 2.05) is 6.07 Å². The van der Waals surface area contributed by atoms with Gasteiger partial charge in [-0.2, -0.15) is 0 Å². The monoisotopic (exact) mass is 567 g/mol. The Morgan fingerprint density at radius 1 is 0.590 bits per heavy atom. The van der Waals surface area contributed by atoms with Gasteiger partial charge in [-0.25, -0.2) is 0 Å². The molecule has 2 saturated carbocycles. The van der Waals surface area contributed by atoms with E-state index in [4.69, 9.17) is 0 Å². The van der Waals surface area contributed by atoms with Gasteiger partial charge >= 0.3 is 0 Å². The molecule has 7 atom stereocenters. The van der Waals surface area contributed by atoms with Crippen LogP contribution in [0.1, 0.15) is 32.6 Å². The zero-order valence-electron chi connectivity index (χ0n) is 28.4. The van der Waals surface area contributed by atoms with Gasteiger partial charge in [-0.15, -0.1) is 0 Å². The molecule has 39 heavy (non-hydrogen) atoms. The van der Waals surface area contributed by atoms with Crippen LogP contribution in [0.2, 0.25) is 70.0 Å². The van der Waals surface area contributed by atoms with Crippen LogP contribution in [0.3, 0.4) is 0 Å². The Hall–Kier alpha value is -1.95. The fourth-order valence-electron chi connectivity index (χ4n) is 8.01. The first-order chi connectivity index (χ1) is 19.4. The van der Waals surface area contributed by atoms with E-state index >= 15 is 0 Å². The van der Waals surface area contributed by atoms with Crippen molar-refractivity contribution in [3.8, 4) is 0 Å². The lowest BCUT2D eigenvalue weighted by molar-refractivity contribution is 0.584. The van der Waals surface area contributed by atoms with Crippen LogP contribution in [-0.4, -0.2) is 24.2 Å². The highest BCUT2D eigenvalue weighted by atomic mass is 28.3. The fourth-order valence-corrected chi connectivity index (χ4v) is 15.3. The summed E-state index contributed by atoms with van der Waals surface area (Å²) in [6, 6.07) is 32.1. The highest BCUT2D eigenvalue weighted by Gasteiger charge is 2.78. The van der Waals surface area contributed by atoms with Gasteiger partial charge in [0.15, 0.2) is 0 Å². The molecule has 0 amide bonds. The molecule has 6 rings (SSSR count). The standard InChI is InChI=1S/C36H48Si3/c1-37(2,3)33-28(25-19-13-10-14-20-25)30(33)32-35(39(7,8)9)36(32,27-23-17-12-18-24-27)31-29(34(31)38(4,5)6)26-21-15-11-16-22-26/h10-24,28-31,33-34H,1-9H3/t28-,29-,30+,31-,33-,34-,36-/m1/s1/i30D,31D,34D. The van der Waals surface area contributed by atoms with Crippen LogP contribution in [-0.2, 0) is 5.41 Å². The fraction of sp³-hybridized carbons (Fsp3) is 0.444. The van der Waals surface area contributed by atoms with Crippen LogP contribution >= 0.6 is 0 Å². The zero-order chi connectivity index (χ0) is 30.7. The normalized spacial score (nSPS) is 39.0. The average molecular weight is 568 g/mol. The van der Waals surface area contributed by atoms with E-state index in [-0.39, 0.29) is 17.4 Å². The molecule has 3 heteroatoms. The van der Waals surface area contributed by atoms with E-state index in [0.29, 0.717) is 0 Å². The number of benzene rings is 3. The van der Waals surface area contributed by atoms with Gasteiger partial charge in [0.1, 0.15) is 0 Å². The lowest BCUT2D eigenvalue weighted by atomic mass is 9.82. The lowest BCUT2D eigenvalue weighted by Gasteiger charge is -2.29. The summed E-state index contributed by atoms with van der Waals surface area (Å²) in [6.07, 6.45) is 0. The molecular formula is C36H48Si3. The molecule has 0 radical (unpaired) electrons. The first-order valence-electron chi connectivity index (χ1n) is 16.3. The Bertz CT molecular complexity index is 1540. The van der Waals surface area contributed by atoms with Crippen LogP contribution in [0.5, 0.6) is 0 Å². The summed E-state index contributed by atoms with van der Waals surface area (Å²) in [4.78, 5) is 0. The highest BCUT2D eigenvalue weighted by molar-refractivity contribution is 6.85. The molecule has 204 valence electrons. The van der Waals surface area contributed by atoms with E-state index in [2.05, 4.69) is 144 Å². The second kappa shape index (κ2) is 9.03. The van der Waals surface area contributed by atoms with E-state index in [1.54, 1.807) is 0 Å². The predicted molar refractivity (Wildman–Crippen MR) is 178 cm³/mol. The van der Waals surface area contributed by atoms with Gasteiger partial charge in [0.05, 0.1) is 8.07 Å². The van der Waals surface area contributed by atoms with E-state index < -0.39 is 46.9 Å². The molecule has 0 unspecified atom stereocenters. The second-order valence-corrected chi connectivity index (χ2v) is 30.6. The topological polar surface area (TPSA) is 0 Å². The molecule has 3 aliphatic carbocycles. The summed E-state index contributed by atoms with van der Waals surface area (Å²) < 4.78 is 31.9. The first kappa shape index (κ1) is 23.7. The van der Waals surface area contributed by atoms with Crippen molar-refractivity contribution in [2.75, 3.05) is 0 Å². The summed E-state index contributed by atoms with van der Waals surface area (Å²) in [7, 11) is -6.01. The molecule has 3 aromatic rings. The Labute approximate surface area is 245 Å². The molecule has 2 fully saturated rings. The SMILES string of the molecule is [2H][C@]1(C2=C([Si](C)(C)C)[C@]2(c2ccccc2)[C@]2([2H])[C@@H](c3ccccc3)[C@@]2([2H])[Si](C)(C)C)[C@H]([Si](C)(C)C)[C@@H]1c1ccccc1. The van der Waals surface area contributed by atoms with Gasteiger partial charge < -0.3 is 0 Å². The molecule has 0 nitrogen and oxygen atoms in total. The Morgan fingerprint density at radius 3 is 1.49 bits per heavy atom. The van der Waals surface area contributed by atoms with Crippen LogP contribution in [0.15, 0.2) is 102 Å². The summed E-state index contributed by atoms with van der Waals surface area (Å²) in [6.45, 7) is 21.5. The minimum Gasteiger partial charge on any atom is -0.0693 e. The minimum atomic E-state index is -2.21. The van der Waals surface area contributed by atoms with Crippen molar-refractivity contribution < 1.29 is 4.11 Å². The maximum atomic E-state index is 10.8. The number of allylic oxidation sites excluding steroid dienone is 2. The Balaban J connectivity index is 1.66. The van der Waals surface area contributed by atoms with Gasteiger partial charge in [0.2, 0.25) is 0 Å². The van der Waals surface area contributed by atoms with Crippen LogP contribution in [0.25, 0.3) is 0 Å². The van der Waals surface area contributed by atoms with Crippen LogP contribution < -0.4 is 0 Å². The largest absolute Gasteiger partial charge is 0.0740 e. The number of hydrogen-bond acceptors (Lipinski definition) is 0. The van der Waals surface area contributed by atoms with Gasteiger partial charge in [0.25, 0.3) is 0 Å². The van der Waals surface area contributed by atoms with Crippen molar-refractivity contribution in [3.05, 3.63) is 118 Å². The molecule has 0 bridgehead atoms. The van der Waals surface area contributed by atoms with Crippen LogP contribution in [0.4, 0.5) is 0 Å². The van der Waals surface area contributed by atoms with Gasteiger partial charge in [-0.1, -0.05) is 161 Å². The van der Waals surface area contributed by atoms with Gasteiger partial charge in [-0.3, -0.25) is 0 Å². The van der Waals surface area contributed by atoms with Crippen LogP contribution in [0, 0.1) is 11.8 Å². The molecule has 3 aliphatic rings. The number of hydrogen-bond donors (Lipinski definition) is 0. The summed E-state index contributed by atoms with van der Waals surface area (Å²) in [5, 5.41) is 1.40. The third kappa shape index (κ3) is 4.35. The smallest absolute Gasteiger partial charge is 0.0693 e. The predicted octanol–water partition coefficient (Wildman–Crippen LogP) is 10.4. The molecule has 0 aliphatic heterocycles. The van der Waals surface area contributed by atoms with Crippen molar-refractivity contribution in [2.45, 2.75) is 87.2 Å². The summed E-state index contributed by atoms with van der Waals surface area (Å²) >= 11 is 0. The summed E-state index contributed by atoms with van der Waals surface area (Å²) in [5.41, 5.74) is 3.51. The Morgan fingerprint density at radius 2 is 1.05 bits per heavy atom. The molecular weight excluding hydrogens is 517 g/mol. The highest BCUT2D eigenvalue weighted by Crippen LogP contribution is 2.84.